The molecular formula is C12H15BrClFN2O. The van der Waals surface area contributed by atoms with Crippen LogP contribution in [0.2, 0.25) is 0 Å². The van der Waals surface area contributed by atoms with Crippen molar-refractivity contribution in [2.75, 3.05) is 18.4 Å². The maximum atomic E-state index is 13.4. The van der Waals surface area contributed by atoms with Gasteiger partial charge in [0.2, 0.25) is 5.91 Å². The smallest absolute Gasteiger partial charge is 0.227 e. The van der Waals surface area contributed by atoms with Crippen molar-refractivity contribution in [3.8, 4) is 0 Å². The van der Waals surface area contributed by atoms with Crippen molar-refractivity contribution >= 4 is 39.9 Å². The summed E-state index contributed by atoms with van der Waals surface area (Å²) in [6.45, 7) is 1.69. The molecule has 0 atom stereocenters. The highest BCUT2D eigenvalue weighted by Gasteiger charge is 2.21. The van der Waals surface area contributed by atoms with Crippen LogP contribution in [0.25, 0.3) is 0 Å². The third-order valence-corrected chi connectivity index (χ3v) is 3.39. The van der Waals surface area contributed by atoms with E-state index in [1.54, 1.807) is 12.1 Å². The Balaban J connectivity index is 0.00000162. The number of amides is 1. The number of nitrogens with one attached hydrogen (secondary N) is 2. The highest BCUT2D eigenvalue weighted by molar-refractivity contribution is 9.10. The van der Waals surface area contributed by atoms with Crippen LogP contribution in [0, 0.1) is 11.7 Å². The molecule has 3 nitrogen and oxygen atoms in total. The molecule has 1 amide bonds. The molecule has 1 aromatic carbocycles. The van der Waals surface area contributed by atoms with Gasteiger partial charge in [0.05, 0.1) is 5.69 Å². The van der Waals surface area contributed by atoms with Crippen LogP contribution >= 0.6 is 28.3 Å². The van der Waals surface area contributed by atoms with Gasteiger partial charge in [-0.05, 0) is 44.1 Å². The zero-order valence-electron chi connectivity index (χ0n) is 9.71. The normalized spacial score (nSPS) is 15.9. The molecule has 1 aliphatic heterocycles. The Morgan fingerprint density at radius 1 is 1.39 bits per heavy atom. The molecule has 0 unspecified atom stereocenters. The van der Waals surface area contributed by atoms with Crippen molar-refractivity contribution in [3.63, 3.8) is 0 Å². The van der Waals surface area contributed by atoms with Gasteiger partial charge >= 0.3 is 0 Å². The summed E-state index contributed by atoms with van der Waals surface area (Å²) in [5.74, 6) is -0.520. The Hall–Kier alpha value is -0.650. The zero-order chi connectivity index (χ0) is 12.3. The molecular weight excluding hydrogens is 323 g/mol. The lowest BCUT2D eigenvalue weighted by Gasteiger charge is -2.21. The first-order chi connectivity index (χ1) is 8.16. The minimum Gasteiger partial charge on any atom is -0.323 e. The molecule has 2 rings (SSSR count). The van der Waals surface area contributed by atoms with Gasteiger partial charge in [-0.25, -0.2) is 4.39 Å². The quantitative estimate of drug-likeness (QED) is 0.871. The molecule has 0 aliphatic carbocycles. The average molecular weight is 338 g/mol. The average Bonchev–Trinajstić information content (AvgIpc) is 2.35. The van der Waals surface area contributed by atoms with Crippen molar-refractivity contribution in [1.82, 2.24) is 5.32 Å². The van der Waals surface area contributed by atoms with Crippen molar-refractivity contribution in [2.45, 2.75) is 12.8 Å². The highest BCUT2D eigenvalue weighted by Crippen LogP contribution is 2.22. The van der Waals surface area contributed by atoms with Gasteiger partial charge in [0.1, 0.15) is 5.82 Å². The number of rotatable bonds is 2. The molecule has 0 spiro atoms. The summed E-state index contributed by atoms with van der Waals surface area (Å²) < 4.78 is 14.2. The standard InChI is InChI=1S/C12H14BrFN2O.ClH/c13-9-1-2-10(14)11(7-9)16-12(17)8-3-5-15-6-4-8;/h1-2,7-8,15H,3-6H2,(H,16,17);1H. The number of anilines is 1. The van der Waals surface area contributed by atoms with Crippen LogP contribution in [-0.4, -0.2) is 19.0 Å². The number of carbonyl (C=O) groups excluding carboxylic acids is 1. The topological polar surface area (TPSA) is 41.1 Å². The summed E-state index contributed by atoms with van der Waals surface area (Å²) in [6.07, 6.45) is 1.61. The number of hydrogen-bond acceptors (Lipinski definition) is 2. The molecule has 0 bridgehead atoms. The van der Waals surface area contributed by atoms with Crippen molar-refractivity contribution in [3.05, 3.63) is 28.5 Å². The van der Waals surface area contributed by atoms with Crippen LogP contribution in [0.3, 0.4) is 0 Å². The fourth-order valence-electron chi connectivity index (χ4n) is 1.91. The van der Waals surface area contributed by atoms with Crippen molar-refractivity contribution in [2.24, 2.45) is 5.92 Å². The van der Waals surface area contributed by atoms with E-state index in [9.17, 15) is 9.18 Å². The molecule has 0 aromatic heterocycles. The van der Waals surface area contributed by atoms with Gasteiger partial charge in [0.15, 0.2) is 0 Å². The van der Waals surface area contributed by atoms with Gasteiger partial charge in [-0.3, -0.25) is 4.79 Å². The first-order valence-corrected chi connectivity index (χ1v) is 6.43. The second-order valence-electron chi connectivity index (χ2n) is 4.14. The number of hydrogen-bond donors (Lipinski definition) is 2. The SMILES string of the molecule is Cl.O=C(Nc1cc(Br)ccc1F)C1CCNCC1. The molecule has 1 saturated heterocycles. The van der Waals surface area contributed by atoms with E-state index in [0.717, 1.165) is 30.4 Å². The summed E-state index contributed by atoms with van der Waals surface area (Å²) in [6, 6.07) is 4.52. The Labute approximate surface area is 120 Å². The molecule has 2 N–H and O–H groups in total. The molecule has 1 aromatic rings. The Kier molecular flexibility index (Phi) is 6.05. The predicted octanol–water partition coefficient (Wildman–Crippen LogP) is 2.95. The van der Waals surface area contributed by atoms with Gasteiger partial charge < -0.3 is 10.6 Å². The molecule has 1 fully saturated rings. The molecule has 100 valence electrons. The van der Waals surface area contributed by atoms with Crippen LogP contribution in [0.15, 0.2) is 22.7 Å². The van der Waals surface area contributed by atoms with Crippen molar-refractivity contribution < 1.29 is 9.18 Å². The lowest BCUT2D eigenvalue weighted by Crippen LogP contribution is -2.34. The number of piperidine rings is 1. The summed E-state index contributed by atoms with van der Waals surface area (Å²) in [7, 11) is 0. The fraction of sp³-hybridized carbons (Fsp3) is 0.417. The third-order valence-electron chi connectivity index (χ3n) is 2.90. The molecule has 0 saturated carbocycles. The van der Waals surface area contributed by atoms with Gasteiger partial charge in [0, 0.05) is 10.4 Å². The van der Waals surface area contributed by atoms with E-state index in [0.29, 0.717) is 0 Å². The van der Waals surface area contributed by atoms with Gasteiger partial charge in [0.25, 0.3) is 0 Å². The summed E-state index contributed by atoms with van der Waals surface area (Å²) >= 11 is 3.25. The van der Waals surface area contributed by atoms with Crippen molar-refractivity contribution in [1.29, 1.82) is 0 Å². The van der Waals surface area contributed by atoms with E-state index in [-0.39, 0.29) is 29.9 Å². The van der Waals surface area contributed by atoms with E-state index in [1.807, 2.05) is 0 Å². The first-order valence-electron chi connectivity index (χ1n) is 5.63. The van der Waals surface area contributed by atoms with Gasteiger partial charge in [-0.1, -0.05) is 15.9 Å². The molecule has 1 aliphatic rings. The summed E-state index contributed by atoms with van der Waals surface area (Å²) in [4.78, 5) is 11.9. The Bertz CT molecular complexity index is 425. The monoisotopic (exact) mass is 336 g/mol. The summed E-state index contributed by atoms with van der Waals surface area (Å²) in [5.41, 5.74) is 0.239. The Morgan fingerprint density at radius 3 is 2.72 bits per heavy atom. The highest BCUT2D eigenvalue weighted by atomic mass is 79.9. The fourth-order valence-corrected chi connectivity index (χ4v) is 2.27. The minimum absolute atomic E-state index is 0. The van der Waals surface area contributed by atoms with E-state index < -0.39 is 5.82 Å². The molecule has 6 heteroatoms. The zero-order valence-corrected chi connectivity index (χ0v) is 12.1. The van der Waals surface area contributed by atoms with E-state index >= 15 is 0 Å². The molecule has 18 heavy (non-hydrogen) atoms. The number of carbonyl (C=O) groups is 1. The maximum absolute atomic E-state index is 13.4. The van der Waals surface area contributed by atoms with Crippen LogP contribution in [0.4, 0.5) is 10.1 Å². The molecule has 0 radical (unpaired) electrons. The Morgan fingerprint density at radius 2 is 2.06 bits per heavy atom. The number of benzene rings is 1. The third kappa shape index (κ3) is 3.93. The maximum Gasteiger partial charge on any atom is 0.227 e. The lowest BCUT2D eigenvalue weighted by molar-refractivity contribution is -0.120. The van der Waals surface area contributed by atoms with Crippen LogP contribution < -0.4 is 10.6 Å². The van der Waals surface area contributed by atoms with E-state index in [4.69, 9.17) is 0 Å². The minimum atomic E-state index is -0.407. The second-order valence-corrected chi connectivity index (χ2v) is 5.05. The largest absolute Gasteiger partial charge is 0.323 e. The lowest BCUT2D eigenvalue weighted by atomic mass is 9.97. The van der Waals surface area contributed by atoms with E-state index in [2.05, 4.69) is 26.6 Å². The second kappa shape index (κ2) is 7.07. The summed E-state index contributed by atoms with van der Waals surface area (Å²) in [5, 5.41) is 5.84. The van der Waals surface area contributed by atoms with E-state index in [1.165, 1.54) is 6.07 Å². The van der Waals surface area contributed by atoms with Crippen LogP contribution in [0.5, 0.6) is 0 Å². The number of halogens is 3. The predicted molar refractivity (Wildman–Crippen MR) is 75.6 cm³/mol. The molecule has 1 heterocycles. The first kappa shape index (κ1) is 15.4. The van der Waals surface area contributed by atoms with Crippen LogP contribution in [-0.2, 0) is 4.79 Å². The van der Waals surface area contributed by atoms with Gasteiger partial charge in [-0.15, -0.1) is 12.4 Å². The van der Waals surface area contributed by atoms with Crippen LogP contribution in [0.1, 0.15) is 12.8 Å². The van der Waals surface area contributed by atoms with Gasteiger partial charge in [-0.2, -0.15) is 0 Å².